The van der Waals surface area contributed by atoms with E-state index in [0.29, 0.717) is 15.8 Å². The zero-order valence-electron chi connectivity index (χ0n) is 19.3. The summed E-state index contributed by atoms with van der Waals surface area (Å²) in [6, 6.07) is 7.59. The molecule has 180 valence electrons. The van der Waals surface area contributed by atoms with Gasteiger partial charge in [-0.3, -0.25) is 0 Å². The largest absolute Gasteiger partial charge is 0.489 e. The summed E-state index contributed by atoms with van der Waals surface area (Å²) in [6.07, 6.45) is 3.41. The van der Waals surface area contributed by atoms with Crippen LogP contribution in [0.3, 0.4) is 0 Å². The highest BCUT2D eigenvalue weighted by Crippen LogP contribution is 2.40. The van der Waals surface area contributed by atoms with Gasteiger partial charge in [-0.25, -0.2) is 0 Å². The highest BCUT2D eigenvalue weighted by atomic mass is 35.5. The van der Waals surface area contributed by atoms with E-state index in [-0.39, 0.29) is 23.3 Å². The van der Waals surface area contributed by atoms with Crippen LogP contribution in [0.15, 0.2) is 34.8 Å². The maximum atomic E-state index is 6.56. The topological polar surface area (TPSA) is 30.9 Å². The number of halogens is 4. The molecule has 2 aromatic carbocycles. The Kier molecular flexibility index (Phi) is 9.34. The monoisotopic (exact) mass is 531 g/mol. The van der Waals surface area contributed by atoms with E-state index < -0.39 is 0 Å². The molecule has 2 aromatic rings. The number of ether oxygens (including phenoxy) is 3. The number of aryl methyl sites for hydroxylation is 1. The molecule has 3 rings (SSSR count). The van der Waals surface area contributed by atoms with Crippen molar-refractivity contribution >= 4 is 52.1 Å². The Labute approximate surface area is 216 Å². The molecule has 0 bridgehead atoms. The molecule has 1 aliphatic rings. The van der Waals surface area contributed by atoms with Crippen LogP contribution in [0.4, 0.5) is 5.69 Å². The Morgan fingerprint density at radius 1 is 1.09 bits per heavy atom. The Morgan fingerprint density at radius 3 is 2.30 bits per heavy atom. The fraction of sp³-hybridized carbons (Fsp3) is 0.440. The molecule has 0 unspecified atom stereocenters. The van der Waals surface area contributed by atoms with Crippen LogP contribution < -0.4 is 19.1 Å². The first kappa shape index (κ1) is 26.2. The van der Waals surface area contributed by atoms with Crippen molar-refractivity contribution in [3.63, 3.8) is 0 Å². The Morgan fingerprint density at radius 2 is 1.73 bits per heavy atom. The van der Waals surface area contributed by atoms with Crippen molar-refractivity contribution in [2.45, 2.75) is 52.7 Å². The average molecular weight is 533 g/mol. The summed E-state index contributed by atoms with van der Waals surface area (Å²) in [5.41, 5.74) is 3.11. The molecular formula is C25H29Cl4NO3. The predicted molar refractivity (Wildman–Crippen MR) is 139 cm³/mol. The lowest BCUT2D eigenvalue weighted by molar-refractivity contribution is 0.154. The standard InChI is InChI=1S/C25H29Cl4NO3/c1-15(2)32-25-17(4)16(3)5-6-22(25)33-18-7-10-30(11-8-18)24-20(26)13-19(14-21(24)27)31-12-9-23(28)29/h5-6,9,13-15,18H,7-8,10-12H2,1-4H3. The number of benzene rings is 2. The van der Waals surface area contributed by atoms with E-state index >= 15 is 0 Å². The molecule has 1 heterocycles. The maximum Gasteiger partial charge on any atom is 0.164 e. The third-order valence-corrected chi connectivity index (χ3v) is 6.41. The van der Waals surface area contributed by atoms with Gasteiger partial charge in [0.15, 0.2) is 11.5 Å². The van der Waals surface area contributed by atoms with Gasteiger partial charge in [0.2, 0.25) is 0 Å². The summed E-state index contributed by atoms with van der Waals surface area (Å²) < 4.78 is 18.2. The van der Waals surface area contributed by atoms with Gasteiger partial charge in [-0.15, -0.1) is 0 Å². The number of nitrogens with zero attached hydrogens (tertiary/aromatic N) is 1. The maximum absolute atomic E-state index is 6.56. The van der Waals surface area contributed by atoms with Gasteiger partial charge in [0.05, 0.1) is 21.8 Å². The summed E-state index contributed by atoms with van der Waals surface area (Å²) in [5, 5.41) is 1.08. The van der Waals surface area contributed by atoms with Crippen LogP contribution in [0.1, 0.15) is 37.8 Å². The molecule has 0 aliphatic carbocycles. The molecule has 1 saturated heterocycles. The summed E-state index contributed by atoms with van der Waals surface area (Å²) in [4.78, 5) is 2.19. The number of hydrogen-bond acceptors (Lipinski definition) is 4. The van der Waals surface area contributed by atoms with Crippen LogP contribution >= 0.6 is 46.4 Å². The van der Waals surface area contributed by atoms with Crippen molar-refractivity contribution in [2.24, 2.45) is 0 Å². The normalized spacial score (nSPS) is 14.4. The molecule has 0 saturated carbocycles. The molecule has 0 N–H and O–H groups in total. The molecule has 0 spiro atoms. The Hall–Kier alpha value is -1.46. The van der Waals surface area contributed by atoms with Gasteiger partial charge in [0, 0.05) is 38.1 Å². The van der Waals surface area contributed by atoms with Gasteiger partial charge in [-0.05, 0) is 51.0 Å². The first-order valence-electron chi connectivity index (χ1n) is 11.0. The number of hydrogen-bond donors (Lipinski definition) is 0. The first-order valence-corrected chi connectivity index (χ1v) is 12.5. The molecule has 1 fully saturated rings. The van der Waals surface area contributed by atoms with E-state index in [1.54, 1.807) is 18.2 Å². The second kappa shape index (κ2) is 11.8. The quantitative estimate of drug-likeness (QED) is 0.343. The second-order valence-electron chi connectivity index (χ2n) is 8.35. The van der Waals surface area contributed by atoms with Crippen LogP contribution in [0.25, 0.3) is 0 Å². The van der Waals surface area contributed by atoms with Crippen LogP contribution in [0, 0.1) is 13.8 Å². The van der Waals surface area contributed by atoms with Crippen LogP contribution in [-0.4, -0.2) is 31.9 Å². The van der Waals surface area contributed by atoms with E-state index in [0.717, 1.165) is 48.7 Å². The summed E-state index contributed by atoms with van der Waals surface area (Å²) in [5.74, 6) is 2.19. The zero-order chi connectivity index (χ0) is 24.1. The van der Waals surface area contributed by atoms with E-state index in [1.165, 1.54) is 5.56 Å². The van der Waals surface area contributed by atoms with Crippen molar-refractivity contribution in [3.05, 3.63) is 56.0 Å². The Bertz CT molecular complexity index is 974. The minimum absolute atomic E-state index is 0.0777. The number of piperidine rings is 1. The van der Waals surface area contributed by atoms with Crippen molar-refractivity contribution < 1.29 is 14.2 Å². The number of rotatable bonds is 8. The second-order valence-corrected chi connectivity index (χ2v) is 10.2. The highest BCUT2D eigenvalue weighted by molar-refractivity contribution is 6.55. The van der Waals surface area contributed by atoms with E-state index in [1.807, 2.05) is 19.9 Å². The summed E-state index contributed by atoms with van der Waals surface area (Å²) in [6.45, 7) is 9.99. The van der Waals surface area contributed by atoms with Gasteiger partial charge in [0.1, 0.15) is 23.0 Å². The van der Waals surface area contributed by atoms with Gasteiger partial charge < -0.3 is 19.1 Å². The fourth-order valence-electron chi connectivity index (χ4n) is 3.75. The molecule has 4 nitrogen and oxygen atoms in total. The highest BCUT2D eigenvalue weighted by Gasteiger charge is 2.25. The lowest BCUT2D eigenvalue weighted by Gasteiger charge is -2.35. The van der Waals surface area contributed by atoms with Crippen molar-refractivity contribution in [1.82, 2.24) is 0 Å². The van der Waals surface area contributed by atoms with E-state index in [2.05, 4.69) is 24.8 Å². The van der Waals surface area contributed by atoms with E-state index in [9.17, 15) is 0 Å². The van der Waals surface area contributed by atoms with E-state index in [4.69, 9.17) is 60.6 Å². The summed E-state index contributed by atoms with van der Waals surface area (Å²) in [7, 11) is 0. The molecule has 0 atom stereocenters. The van der Waals surface area contributed by atoms with Crippen molar-refractivity contribution in [2.75, 3.05) is 24.6 Å². The SMILES string of the molecule is Cc1ccc(OC2CCN(c3c(Cl)cc(OCC=C(Cl)Cl)cc3Cl)CC2)c(OC(C)C)c1C. The van der Waals surface area contributed by atoms with Crippen molar-refractivity contribution in [3.8, 4) is 17.2 Å². The summed E-state index contributed by atoms with van der Waals surface area (Å²) >= 11 is 24.3. The van der Waals surface area contributed by atoms with Crippen LogP contribution in [0.5, 0.6) is 17.2 Å². The third-order valence-electron chi connectivity index (χ3n) is 5.52. The molecular weight excluding hydrogens is 504 g/mol. The lowest BCUT2D eigenvalue weighted by Crippen LogP contribution is -2.38. The molecule has 0 amide bonds. The van der Waals surface area contributed by atoms with Gasteiger partial charge in [-0.2, -0.15) is 0 Å². The minimum atomic E-state index is 0.0777. The lowest BCUT2D eigenvalue weighted by atomic mass is 10.1. The molecule has 0 aromatic heterocycles. The molecule has 33 heavy (non-hydrogen) atoms. The predicted octanol–water partition coefficient (Wildman–Crippen LogP) is 8.14. The fourth-order valence-corrected chi connectivity index (χ4v) is 4.58. The van der Waals surface area contributed by atoms with Gasteiger partial charge >= 0.3 is 0 Å². The van der Waals surface area contributed by atoms with Gasteiger partial charge in [0.25, 0.3) is 0 Å². The van der Waals surface area contributed by atoms with Gasteiger partial charge in [-0.1, -0.05) is 52.5 Å². The van der Waals surface area contributed by atoms with Crippen molar-refractivity contribution in [1.29, 1.82) is 0 Å². The first-order chi connectivity index (χ1) is 15.7. The zero-order valence-corrected chi connectivity index (χ0v) is 22.3. The smallest absolute Gasteiger partial charge is 0.164 e. The minimum Gasteiger partial charge on any atom is -0.489 e. The van der Waals surface area contributed by atoms with Crippen LogP contribution in [-0.2, 0) is 0 Å². The molecule has 0 radical (unpaired) electrons. The average Bonchev–Trinajstić information content (AvgIpc) is 2.73. The third kappa shape index (κ3) is 7.02. The Balaban J connectivity index is 1.66. The number of anilines is 1. The van der Waals surface area contributed by atoms with Crippen LogP contribution in [0.2, 0.25) is 10.0 Å². The molecule has 1 aliphatic heterocycles. The molecule has 8 heteroatoms.